The van der Waals surface area contributed by atoms with Gasteiger partial charge in [0.2, 0.25) is 9.84 Å². The second-order valence-electron chi connectivity index (χ2n) is 6.55. The number of phenols is 1. The molecule has 3 aromatic rings. The number of pyridine rings is 1. The summed E-state index contributed by atoms with van der Waals surface area (Å²) in [5, 5.41) is 19.7. The molecular formula is C21H21N3O6S. The molecule has 2 aromatic carbocycles. The van der Waals surface area contributed by atoms with E-state index < -0.39 is 22.4 Å². The summed E-state index contributed by atoms with van der Waals surface area (Å²) in [6.45, 7) is -0.604. The van der Waals surface area contributed by atoms with Gasteiger partial charge in [0.25, 0.3) is 5.91 Å². The van der Waals surface area contributed by atoms with Crippen molar-refractivity contribution in [3.05, 3.63) is 65.9 Å². The molecule has 0 spiro atoms. The van der Waals surface area contributed by atoms with Crippen LogP contribution in [0.15, 0.2) is 64.6 Å². The molecular weight excluding hydrogens is 422 g/mol. The van der Waals surface area contributed by atoms with Crippen molar-refractivity contribution < 1.29 is 28.2 Å². The number of benzene rings is 2. The second kappa shape index (κ2) is 8.62. The number of rotatable bonds is 7. The number of sulfone groups is 1. The van der Waals surface area contributed by atoms with Crippen molar-refractivity contribution >= 4 is 27.1 Å². The standard InChI is InChI=1S/C21H21N3O6S/c1-24(19-15(20(22)27)9-10-18(26)16(19)12-25)17-4-3-11-23-21(17)31(28,29)14-7-5-13(30-2)6-8-14/h3-11,25-26H,12H2,1-2H3,(H2,22,27). The van der Waals surface area contributed by atoms with Crippen molar-refractivity contribution in [2.24, 2.45) is 5.73 Å². The first-order valence-electron chi connectivity index (χ1n) is 9.05. The zero-order valence-corrected chi connectivity index (χ0v) is 17.6. The number of carbonyl (C=O) groups is 1. The molecule has 0 saturated carbocycles. The summed E-state index contributed by atoms with van der Waals surface area (Å²) in [5.74, 6) is -0.575. The molecule has 0 saturated heterocycles. The van der Waals surface area contributed by atoms with Crippen LogP contribution in [0.2, 0.25) is 0 Å². The normalized spacial score (nSPS) is 11.2. The molecule has 9 nitrogen and oxygen atoms in total. The topological polar surface area (TPSA) is 143 Å². The molecule has 4 N–H and O–H groups in total. The Morgan fingerprint density at radius 2 is 1.84 bits per heavy atom. The van der Waals surface area contributed by atoms with Crippen LogP contribution >= 0.6 is 0 Å². The highest BCUT2D eigenvalue weighted by Crippen LogP contribution is 2.38. The maximum absolute atomic E-state index is 13.3. The average Bonchev–Trinajstić information content (AvgIpc) is 2.78. The van der Waals surface area contributed by atoms with E-state index in [9.17, 15) is 23.4 Å². The van der Waals surface area contributed by atoms with Crippen LogP contribution in [0.4, 0.5) is 11.4 Å². The summed E-state index contributed by atoms with van der Waals surface area (Å²) in [5.41, 5.74) is 5.70. The average molecular weight is 443 g/mol. The van der Waals surface area contributed by atoms with Crippen LogP contribution in [0, 0.1) is 0 Å². The molecule has 1 aromatic heterocycles. The molecule has 0 aliphatic carbocycles. The maximum Gasteiger partial charge on any atom is 0.250 e. The minimum absolute atomic E-state index is 0.000925. The number of aliphatic hydroxyl groups excluding tert-OH is 1. The van der Waals surface area contributed by atoms with Crippen LogP contribution in [-0.4, -0.2) is 43.7 Å². The van der Waals surface area contributed by atoms with Crippen LogP contribution in [-0.2, 0) is 16.4 Å². The van der Waals surface area contributed by atoms with Crippen molar-refractivity contribution in [1.82, 2.24) is 4.98 Å². The van der Waals surface area contributed by atoms with E-state index in [1.54, 1.807) is 0 Å². The van der Waals surface area contributed by atoms with Gasteiger partial charge >= 0.3 is 0 Å². The Morgan fingerprint density at radius 1 is 1.16 bits per heavy atom. The number of primary amides is 1. The van der Waals surface area contributed by atoms with Gasteiger partial charge in [0, 0.05) is 18.8 Å². The van der Waals surface area contributed by atoms with E-state index in [1.807, 2.05) is 0 Å². The predicted octanol–water partition coefficient (Wildman–Crippen LogP) is 1.99. The van der Waals surface area contributed by atoms with E-state index in [0.29, 0.717) is 5.75 Å². The summed E-state index contributed by atoms with van der Waals surface area (Å²) in [7, 11) is -1.10. The van der Waals surface area contributed by atoms with Crippen molar-refractivity contribution in [3.63, 3.8) is 0 Å². The Balaban J connectivity index is 2.21. The molecule has 0 fully saturated rings. The molecule has 0 bridgehead atoms. The van der Waals surface area contributed by atoms with E-state index in [4.69, 9.17) is 10.5 Å². The Bertz CT molecular complexity index is 1230. The van der Waals surface area contributed by atoms with E-state index in [0.717, 1.165) is 0 Å². The quantitative estimate of drug-likeness (QED) is 0.503. The largest absolute Gasteiger partial charge is 0.508 e. The van der Waals surface area contributed by atoms with Gasteiger partial charge in [0.15, 0.2) is 5.03 Å². The number of methoxy groups -OCH3 is 1. The van der Waals surface area contributed by atoms with Crippen LogP contribution in [0.25, 0.3) is 0 Å². The summed E-state index contributed by atoms with van der Waals surface area (Å²) >= 11 is 0. The van der Waals surface area contributed by atoms with Crippen LogP contribution in [0.5, 0.6) is 11.5 Å². The number of aromatic hydroxyl groups is 1. The number of carbonyl (C=O) groups excluding carboxylic acids is 1. The first kappa shape index (κ1) is 22.1. The third-order valence-electron chi connectivity index (χ3n) is 4.75. The van der Waals surface area contributed by atoms with Crippen molar-refractivity contribution in [2.45, 2.75) is 16.5 Å². The molecule has 0 unspecified atom stereocenters. The van der Waals surface area contributed by atoms with Crippen LogP contribution in [0.3, 0.4) is 0 Å². The molecule has 0 atom stereocenters. The number of hydrogen-bond donors (Lipinski definition) is 3. The van der Waals surface area contributed by atoms with E-state index >= 15 is 0 Å². The smallest absolute Gasteiger partial charge is 0.250 e. The number of aromatic nitrogens is 1. The van der Waals surface area contributed by atoms with Crippen molar-refractivity contribution in [1.29, 1.82) is 0 Å². The minimum Gasteiger partial charge on any atom is -0.508 e. The number of aliphatic hydroxyl groups is 1. The molecule has 31 heavy (non-hydrogen) atoms. The molecule has 0 aliphatic rings. The fourth-order valence-electron chi connectivity index (χ4n) is 3.20. The lowest BCUT2D eigenvalue weighted by Gasteiger charge is -2.26. The Morgan fingerprint density at radius 3 is 2.42 bits per heavy atom. The molecule has 1 amide bonds. The van der Waals surface area contributed by atoms with Gasteiger partial charge in [-0.2, -0.15) is 0 Å². The van der Waals surface area contributed by atoms with Gasteiger partial charge in [-0.3, -0.25) is 4.79 Å². The summed E-state index contributed by atoms with van der Waals surface area (Å²) in [6.07, 6.45) is 1.33. The number of anilines is 2. The van der Waals surface area contributed by atoms with Crippen LogP contribution in [0.1, 0.15) is 15.9 Å². The third-order valence-corrected chi connectivity index (χ3v) is 6.47. The summed E-state index contributed by atoms with van der Waals surface area (Å²) in [4.78, 5) is 17.4. The van der Waals surface area contributed by atoms with E-state index in [1.165, 1.54) is 73.8 Å². The van der Waals surface area contributed by atoms with E-state index in [2.05, 4.69) is 4.98 Å². The monoisotopic (exact) mass is 443 g/mol. The summed E-state index contributed by atoms with van der Waals surface area (Å²) in [6, 6.07) is 11.4. The highest BCUT2D eigenvalue weighted by Gasteiger charge is 2.28. The first-order chi connectivity index (χ1) is 14.7. The number of amides is 1. The predicted molar refractivity (Wildman–Crippen MR) is 113 cm³/mol. The van der Waals surface area contributed by atoms with Crippen molar-refractivity contribution in [3.8, 4) is 11.5 Å². The zero-order chi connectivity index (χ0) is 22.8. The first-order valence-corrected chi connectivity index (χ1v) is 10.5. The second-order valence-corrected chi connectivity index (χ2v) is 8.41. The van der Waals surface area contributed by atoms with Gasteiger partial charge < -0.3 is 25.6 Å². The highest BCUT2D eigenvalue weighted by atomic mass is 32.2. The number of nitrogens with zero attached hydrogens (tertiary/aromatic N) is 2. The number of ether oxygens (including phenoxy) is 1. The maximum atomic E-state index is 13.3. The van der Waals surface area contributed by atoms with Gasteiger partial charge in [-0.05, 0) is 48.5 Å². The fraction of sp³-hybridized carbons (Fsp3) is 0.143. The Labute approximate surface area is 179 Å². The molecule has 3 rings (SSSR count). The molecule has 10 heteroatoms. The van der Waals surface area contributed by atoms with Gasteiger partial charge in [0.05, 0.1) is 35.6 Å². The van der Waals surface area contributed by atoms with Crippen LogP contribution < -0.4 is 15.4 Å². The number of nitrogens with two attached hydrogens (primary N) is 1. The van der Waals surface area contributed by atoms with Gasteiger partial charge in [-0.15, -0.1) is 0 Å². The SMILES string of the molecule is COc1ccc(S(=O)(=O)c2ncccc2N(C)c2c(C(N)=O)ccc(O)c2CO)cc1. The third kappa shape index (κ3) is 4.03. The number of hydrogen-bond acceptors (Lipinski definition) is 8. The molecule has 1 heterocycles. The van der Waals surface area contributed by atoms with Gasteiger partial charge in [-0.1, -0.05) is 0 Å². The van der Waals surface area contributed by atoms with E-state index in [-0.39, 0.29) is 38.2 Å². The lowest BCUT2D eigenvalue weighted by Crippen LogP contribution is -2.22. The Hall–Kier alpha value is -3.63. The molecule has 0 aliphatic heterocycles. The lowest BCUT2D eigenvalue weighted by atomic mass is 10.0. The highest BCUT2D eigenvalue weighted by molar-refractivity contribution is 7.91. The minimum atomic E-state index is -4.06. The zero-order valence-electron chi connectivity index (χ0n) is 16.8. The van der Waals surface area contributed by atoms with Gasteiger partial charge in [0.1, 0.15) is 11.5 Å². The molecule has 0 radical (unpaired) electrons. The Kier molecular flexibility index (Phi) is 6.14. The molecule has 162 valence electrons. The summed E-state index contributed by atoms with van der Waals surface area (Å²) < 4.78 is 31.7. The van der Waals surface area contributed by atoms with Gasteiger partial charge in [-0.25, -0.2) is 13.4 Å². The fourth-order valence-corrected chi connectivity index (χ4v) is 4.59. The van der Waals surface area contributed by atoms with Crippen molar-refractivity contribution in [2.75, 3.05) is 19.1 Å². The lowest BCUT2D eigenvalue weighted by molar-refractivity contribution is 0.100.